The van der Waals surface area contributed by atoms with E-state index in [1.807, 2.05) is 0 Å². The van der Waals surface area contributed by atoms with Gasteiger partial charge < -0.3 is 15.4 Å². The summed E-state index contributed by atoms with van der Waals surface area (Å²) >= 11 is 0. The minimum atomic E-state index is 0.281. The van der Waals surface area contributed by atoms with Crippen LogP contribution in [0.4, 0.5) is 5.69 Å². The van der Waals surface area contributed by atoms with Crippen molar-refractivity contribution in [3.63, 3.8) is 0 Å². The van der Waals surface area contributed by atoms with E-state index < -0.39 is 0 Å². The van der Waals surface area contributed by atoms with Crippen molar-refractivity contribution in [3.8, 4) is 5.75 Å². The summed E-state index contributed by atoms with van der Waals surface area (Å²) in [4.78, 5) is 0. The highest BCUT2D eigenvalue weighted by Crippen LogP contribution is 2.47. The van der Waals surface area contributed by atoms with Gasteiger partial charge in [0.25, 0.3) is 0 Å². The van der Waals surface area contributed by atoms with Crippen molar-refractivity contribution < 1.29 is 4.74 Å². The molecule has 1 saturated heterocycles. The van der Waals surface area contributed by atoms with Crippen molar-refractivity contribution in [2.75, 3.05) is 25.0 Å². The number of piperidine rings is 1. The summed E-state index contributed by atoms with van der Waals surface area (Å²) in [5.41, 5.74) is 4.49. The van der Waals surface area contributed by atoms with Crippen LogP contribution in [0.15, 0.2) is 12.1 Å². The lowest BCUT2D eigenvalue weighted by atomic mass is 9.74. The molecule has 0 bridgehead atoms. The number of rotatable bonds is 0. The van der Waals surface area contributed by atoms with Crippen LogP contribution in [0.1, 0.15) is 30.9 Å². The molecule has 2 N–H and O–H groups in total. The van der Waals surface area contributed by atoms with Crippen LogP contribution in [0.5, 0.6) is 5.75 Å². The monoisotopic (exact) mass is 244 g/mol. The van der Waals surface area contributed by atoms with Crippen LogP contribution >= 0.6 is 0 Å². The van der Waals surface area contributed by atoms with Crippen molar-refractivity contribution >= 4 is 5.69 Å². The molecule has 3 aliphatic rings. The van der Waals surface area contributed by atoms with Gasteiger partial charge in [0.1, 0.15) is 5.75 Å². The lowest BCUT2D eigenvalue weighted by Gasteiger charge is -2.32. The molecule has 3 nitrogen and oxygen atoms in total. The molecule has 18 heavy (non-hydrogen) atoms. The minimum absolute atomic E-state index is 0.281. The third-order valence-corrected chi connectivity index (χ3v) is 4.77. The first-order valence-corrected chi connectivity index (χ1v) is 7.04. The lowest BCUT2D eigenvalue weighted by molar-refractivity contribution is 0.220. The molecule has 0 radical (unpaired) electrons. The van der Waals surface area contributed by atoms with Crippen molar-refractivity contribution in [2.45, 2.75) is 37.6 Å². The smallest absolute Gasteiger partial charge is 0.123 e. The zero-order chi connectivity index (χ0) is 12.2. The first-order chi connectivity index (χ1) is 8.77. The van der Waals surface area contributed by atoms with E-state index in [1.165, 1.54) is 29.7 Å². The van der Waals surface area contributed by atoms with Gasteiger partial charge in [0.2, 0.25) is 0 Å². The lowest BCUT2D eigenvalue weighted by Crippen LogP contribution is -2.40. The van der Waals surface area contributed by atoms with Crippen molar-refractivity contribution in [1.29, 1.82) is 0 Å². The Morgan fingerprint density at radius 1 is 1.28 bits per heavy atom. The molecule has 0 aromatic heterocycles. The standard InChI is InChI=1S/C15H20N2O/c1-10-6-11-7-14-12(8-13(11)17-10)15(9-18-14)2-4-16-5-3-15/h7-8,10,16-17H,2-6,9H2,1H3/t10-/m1/s1. The fourth-order valence-corrected chi connectivity index (χ4v) is 3.72. The number of hydrogen-bond donors (Lipinski definition) is 2. The molecule has 96 valence electrons. The molecule has 1 aromatic rings. The molecule has 1 spiro atoms. The SMILES string of the molecule is C[C@@H]1Cc2cc3c(cc2N1)C1(CCNCC1)CO3. The summed E-state index contributed by atoms with van der Waals surface area (Å²) in [6.07, 6.45) is 3.53. The number of fused-ring (bicyclic) bond motifs is 3. The van der Waals surface area contributed by atoms with Crippen LogP contribution in [0.3, 0.4) is 0 Å². The zero-order valence-corrected chi connectivity index (χ0v) is 10.9. The Labute approximate surface area is 108 Å². The quantitative estimate of drug-likeness (QED) is 0.733. The molecule has 1 fully saturated rings. The minimum Gasteiger partial charge on any atom is -0.492 e. The topological polar surface area (TPSA) is 33.3 Å². The van der Waals surface area contributed by atoms with Gasteiger partial charge >= 0.3 is 0 Å². The second kappa shape index (κ2) is 3.64. The summed E-state index contributed by atoms with van der Waals surface area (Å²) in [5.74, 6) is 1.14. The predicted octanol–water partition coefficient (Wildman–Crippen LogP) is 2.06. The van der Waals surface area contributed by atoms with Crippen LogP contribution < -0.4 is 15.4 Å². The number of ether oxygens (including phenoxy) is 1. The normalized spacial score (nSPS) is 27.5. The maximum absolute atomic E-state index is 6.00. The summed E-state index contributed by atoms with van der Waals surface area (Å²) in [6, 6.07) is 5.20. The Kier molecular flexibility index (Phi) is 2.16. The maximum atomic E-state index is 6.00. The highest BCUT2D eigenvalue weighted by Gasteiger charge is 2.42. The van der Waals surface area contributed by atoms with Gasteiger partial charge in [-0.2, -0.15) is 0 Å². The molecule has 0 amide bonds. The Morgan fingerprint density at radius 3 is 2.94 bits per heavy atom. The number of nitrogens with one attached hydrogen (secondary N) is 2. The van der Waals surface area contributed by atoms with E-state index in [1.54, 1.807) is 0 Å². The second-order valence-corrected chi connectivity index (χ2v) is 6.07. The molecule has 3 heterocycles. The largest absolute Gasteiger partial charge is 0.492 e. The Morgan fingerprint density at radius 2 is 2.11 bits per heavy atom. The second-order valence-electron chi connectivity index (χ2n) is 6.07. The van der Waals surface area contributed by atoms with E-state index in [4.69, 9.17) is 4.74 Å². The van der Waals surface area contributed by atoms with Gasteiger partial charge in [-0.15, -0.1) is 0 Å². The van der Waals surface area contributed by atoms with Gasteiger partial charge in [-0.3, -0.25) is 0 Å². The predicted molar refractivity (Wildman–Crippen MR) is 72.5 cm³/mol. The molecule has 3 aliphatic heterocycles. The van der Waals surface area contributed by atoms with Crippen molar-refractivity contribution in [2.24, 2.45) is 0 Å². The van der Waals surface area contributed by atoms with Gasteiger partial charge in [-0.05, 0) is 57.0 Å². The van der Waals surface area contributed by atoms with E-state index in [2.05, 4.69) is 29.7 Å². The summed E-state index contributed by atoms with van der Waals surface area (Å²) < 4.78 is 6.00. The van der Waals surface area contributed by atoms with Crippen LogP contribution in [0.25, 0.3) is 0 Å². The molecule has 1 aromatic carbocycles. The average molecular weight is 244 g/mol. The van der Waals surface area contributed by atoms with E-state index in [0.717, 1.165) is 31.9 Å². The Bertz CT molecular complexity index is 492. The third-order valence-electron chi connectivity index (χ3n) is 4.77. The van der Waals surface area contributed by atoms with E-state index in [0.29, 0.717) is 6.04 Å². The number of benzene rings is 1. The van der Waals surface area contributed by atoms with E-state index in [9.17, 15) is 0 Å². The summed E-state index contributed by atoms with van der Waals surface area (Å²) in [5, 5.41) is 7.03. The Hall–Kier alpha value is -1.22. The van der Waals surface area contributed by atoms with Gasteiger partial charge in [0.15, 0.2) is 0 Å². The number of anilines is 1. The highest BCUT2D eigenvalue weighted by molar-refractivity contribution is 5.64. The van der Waals surface area contributed by atoms with Crippen molar-refractivity contribution in [3.05, 3.63) is 23.3 Å². The van der Waals surface area contributed by atoms with Crippen LogP contribution in [-0.2, 0) is 11.8 Å². The zero-order valence-electron chi connectivity index (χ0n) is 10.9. The first-order valence-electron chi connectivity index (χ1n) is 7.04. The molecule has 0 saturated carbocycles. The van der Waals surface area contributed by atoms with Crippen LogP contribution in [-0.4, -0.2) is 25.7 Å². The average Bonchev–Trinajstić information content (AvgIpc) is 2.89. The maximum Gasteiger partial charge on any atom is 0.123 e. The fourth-order valence-electron chi connectivity index (χ4n) is 3.72. The van der Waals surface area contributed by atoms with E-state index >= 15 is 0 Å². The first kappa shape index (κ1) is 10.7. The Balaban J connectivity index is 1.78. The van der Waals surface area contributed by atoms with Crippen molar-refractivity contribution in [1.82, 2.24) is 5.32 Å². The van der Waals surface area contributed by atoms with Gasteiger partial charge in [-0.25, -0.2) is 0 Å². The van der Waals surface area contributed by atoms with Crippen LogP contribution in [0.2, 0.25) is 0 Å². The van der Waals surface area contributed by atoms with Gasteiger partial charge in [0.05, 0.1) is 6.61 Å². The van der Waals surface area contributed by atoms with Gasteiger partial charge in [-0.1, -0.05) is 0 Å². The van der Waals surface area contributed by atoms with Crippen LogP contribution in [0, 0.1) is 0 Å². The molecular formula is C15H20N2O. The third kappa shape index (κ3) is 1.40. The molecule has 0 unspecified atom stereocenters. The molecule has 1 atom stereocenters. The van der Waals surface area contributed by atoms with E-state index in [-0.39, 0.29) is 5.41 Å². The highest BCUT2D eigenvalue weighted by atomic mass is 16.5. The summed E-state index contributed by atoms with van der Waals surface area (Å²) in [7, 11) is 0. The summed E-state index contributed by atoms with van der Waals surface area (Å²) in [6.45, 7) is 5.35. The molecule has 0 aliphatic carbocycles. The molecular weight excluding hydrogens is 224 g/mol. The fraction of sp³-hybridized carbons (Fsp3) is 0.600. The van der Waals surface area contributed by atoms with Gasteiger partial charge in [0, 0.05) is 22.7 Å². The molecule has 4 rings (SSSR count). The number of hydrogen-bond acceptors (Lipinski definition) is 3. The molecule has 3 heteroatoms.